The van der Waals surface area contributed by atoms with Crippen molar-refractivity contribution < 1.29 is 0 Å². The molecule has 1 saturated heterocycles. The fraction of sp³-hybridized carbons (Fsp3) is 1.00. The van der Waals surface area contributed by atoms with E-state index in [4.69, 9.17) is 0 Å². The Morgan fingerprint density at radius 2 is 2.38 bits per heavy atom. The third-order valence-corrected chi connectivity index (χ3v) is 1.79. The van der Waals surface area contributed by atoms with Gasteiger partial charge in [0.2, 0.25) is 0 Å². The van der Waals surface area contributed by atoms with Gasteiger partial charge in [-0.1, -0.05) is 0 Å². The standard InChI is InChI=1S/C6H14N2/c1-6-7-4-3-5-8(6)2/h6-7H,3-5H2,1-2H3/t6-/m0/s1. The summed E-state index contributed by atoms with van der Waals surface area (Å²) < 4.78 is 0. The van der Waals surface area contributed by atoms with E-state index in [1.807, 2.05) is 0 Å². The predicted octanol–water partition coefficient (Wildman–Crippen LogP) is 0.258. The fourth-order valence-corrected chi connectivity index (χ4v) is 0.989. The van der Waals surface area contributed by atoms with Crippen molar-refractivity contribution in [2.45, 2.75) is 19.5 Å². The second-order valence-corrected chi connectivity index (χ2v) is 2.46. The van der Waals surface area contributed by atoms with Gasteiger partial charge in [0.15, 0.2) is 0 Å². The molecule has 0 aromatic carbocycles. The van der Waals surface area contributed by atoms with Crippen molar-refractivity contribution in [2.75, 3.05) is 20.1 Å². The lowest BCUT2D eigenvalue weighted by Crippen LogP contribution is -2.47. The first-order valence-corrected chi connectivity index (χ1v) is 3.24. The second kappa shape index (κ2) is 2.46. The van der Waals surface area contributed by atoms with Gasteiger partial charge >= 0.3 is 0 Å². The average Bonchev–Trinajstić information content (AvgIpc) is 1.77. The van der Waals surface area contributed by atoms with Crippen molar-refractivity contribution >= 4 is 0 Å². The Kier molecular flexibility index (Phi) is 1.86. The maximum absolute atomic E-state index is 3.36. The lowest BCUT2D eigenvalue weighted by molar-refractivity contribution is 0.181. The van der Waals surface area contributed by atoms with Gasteiger partial charge in [-0.15, -0.1) is 0 Å². The van der Waals surface area contributed by atoms with Crippen molar-refractivity contribution in [3.05, 3.63) is 0 Å². The summed E-state index contributed by atoms with van der Waals surface area (Å²) in [6.45, 7) is 4.62. The smallest absolute Gasteiger partial charge is 0.0565 e. The molecule has 1 aliphatic heterocycles. The van der Waals surface area contributed by atoms with Crippen LogP contribution < -0.4 is 5.32 Å². The average molecular weight is 114 g/mol. The zero-order valence-corrected chi connectivity index (χ0v) is 5.65. The monoisotopic (exact) mass is 114 g/mol. The number of nitrogens with zero attached hydrogens (tertiary/aromatic N) is 1. The second-order valence-electron chi connectivity index (χ2n) is 2.46. The number of rotatable bonds is 0. The van der Waals surface area contributed by atoms with E-state index in [0.717, 1.165) is 0 Å². The third-order valence-electron chi connectivity index (χ3n) is 1.79. The molecule has 1 fully saturated rings. The molecule has 0 aromatic heterocycles. The molecule has 1 rings (SSSR count). The maximum atomic E-state index is 3.36. The van der Waals surface area contributed by atoms with Gasteiger partial charge in [-0.05, 0) is 26.9 Å². The minimum atomic E-state index is 0.587. The number of nitrogens with one attached hydrogen (secondary N) is 1. The van der Waals surface area contributed by atoms with E-state index >= 15 is 0 Å². The molecule has 1 heterocycles. The highest BCUT2D eigenvalue weighted by Crippen LogP contribution is 1.98. The van der Waals surface area contributed by atoms with E-state index < -0.39 is 0 Å². The molecule has 1 aliphatic rings. The first-order valence-electron chi connectivity index (χ1n) is 3.24. The van der Waals surface area contributed by atoms with Crippen molar-refractivity contribution in [1.29, 1.82) is 0 Å². The summed E-state index contributed by atoms with van der Waals surface area (Å²) in [5, 5.41) is 3.36. The lowest BCUT2D eigenvalue weighted by Gasteiger charge is -2.30. The molecule has 0 unspecified atom stereocenters. The van der Waals surface area contributed by atoms with Crippen LogP contribution in [0.2, 0.25) is 0 Å². The summed E-state index contributed by atoms with van der Waals surface area (Å²) in [5.41, 5.74) is 0. The van der Waals surface area contributed by atoms with Crippen LogP contribution in [0, 0.1) is 0 Å². The first kappa shape index (κ1) is 6.05. The summed E-state index contributed by atoms with van der Waals surface area (Å²) in [7, 11) is 2.15. The van der Waals surface area contributed by atoms with Crippen LogP contribution in [0.1, 0.15) is 13.3 Å². The molecule has 0 aromatic rings. The Labute approximate surface area is 50.9 Å². The van der Waals surface area contributed by atoms with E-state index in [-0.39, 0.29) is 0 Å². The van der Waals surface area contributed by atoms with Gasteiger partial charge < -0.3 is 5.32 Å². The molecule has 2 heteroatoms. The Morgan fingerprint density at radius 1 is 1.62 bits per heavy atom. The van der Waals surface area contributed by atoms with Crippen LogP contribution in [0.4, 0.5) is 0 Å². The SMILES string of the molecule is C[C@H]1NCCCN1C. The van der Waals surface area contributed by atoms with Gasteiger partial charge in [0.05, 0.1) is 6.17 Å². The molecule has 1 N–H and O–H groups in total. The van der Waals surface area contributed by atoms with Gasteiger partial charge in [0.25, 0.3) is 0 Å². The zero-order chi connectivity index (χ0) is 5.98. The van der Waals surface area contributed by atoms with Crippen molar-refractivity contribution in [2.24, 2.45) is 0 Å². The van der Waals surface area contributed by atoms with Crippen LogP contribution in [0.15, 0.2) is 0 Å². The van der Waals surface area contributed by atoms with Gasteiger partial charge in [0.1, 0.15) is 0 Å². The van der Waals surface area contributed by atoms with Gasteiger partial charge in [0, 0.05) is 6.54 Å². The normalized spacial score (nSPS) is 33.0. The van der Waals surface area contributed by atoms with E-state index in [9.17, 15) is 0 Å². The molecule has 2 nitrogen and oxygen atoms in total. The highest BCUT2D eigenvalue weighted by Gasteiger charge is 2.11. The number of hydrogen-bond acceptors (Lipinski definition) is 2. The predicted molar refractivity (Wildman–Crippen MR) is 34.7 cm³/mol. The Hall–Kier alpha value is -0.0800. The molecule has 0 radical (unpaired) electrons. The molecule has 0 amide bonds. The first-order chi connectivity index (χ1) is 3.80. The molecular formula is C6H14N2. The summed E-state index contributed by atoms with van der Waals surface area (Å²) in [6, 6.07) is 0. The zero-order valence-electron chi connectivity index (χ0n) is 5.65. The van der Waals surface area contributed by atoms with Crippen molar-refractivity contribution in [1.82, 2.24) is 10.2 Å². The van der Waals surface area contributed by atoms with E-state index in [1.165, 1.54) is 19.5 Å². The van der Waals surface area contributed by atoms with Crippen LogP contribution in [0.25, 0.3) is 0 Å². The maximum Gasteiger partial charge on any atom is 0.0565 e. The fourth-order valence-electron chi connectivity index (χ4n) is 0.989. The topological polar surface area (TPSA) is 15.3 Å². The van der Waals surface area contributed by atoms with Crippen LogP contribution >= 0.6 is 0 Å². The third kappa shape index (κ3) is 1.20. The summed E-state index contributed by atoms with van der Waals surface area (Å²) in [4.78, 5) is 2.32. The largest absolute Gasteiger partial charge is 0.302 e. The molecule has 0 saturated carbocycles. The van der Waals surface area contributed by atoms with E-state index in [2.05, 4.69) is 24.2 Å². The highest BCUT2D eigenvalue weighted by molar-refractivity contribution is 4.66. The van der Waals surface area contributed by atoms with Gasteiger partial charge in [-0.25, -0.2) is 0 Å². The molecule has 0 spiro atoms. The molecule has 1 atom stereocenters. The molecule has 0 aliphatic carbocycles. The summed E-state index contributed by atoms with van der Waals surface area (Å²) >= 11 is 0. The van der Waals surface area contributed by atoms with Gasteiger partial charge in [-0.3, -0.25) is 4.90 Å². The summed E-state index contributed by atoms with van der Waals surface area (Å²) in [6.07, 6.45) is 1.88. The molecule has 48 valence electrons. The van der Waals surface area contributed by atoms with Crippen LogP contribution in [-0.2, 0) is 0 Å². The lowest BCUT2D eigenvalue weighted by atomic mass is 10.3. The highest BCUT2D eigenvalue weighted by atomic mass is 15.3. The van der Waals surface area contributed by atoms with E-state index in [0.29, 0.717) is 6.17 Å². The quantitative estimate of drug-likeness (QED) is 0.486. The minimum Gasteiger partial charge on any atom is -0.302 e. The molecule has 0 bridgehead atoms. The van der Waals surface area contributed by atoms with Crippen molar-refractivity contribution in [3.8, 4) is 0 Å². The Balaban J connectivity index is 2.28. The minimum absolute atomic E-state index is 0.587. The van der Waals surface area contributed by atoms with Gasteiger partial charge in [-0.2, -0.15) is 0 Å². The van der Waals surface area contributed by atoms with Crippen LogP contribution in [-0.4, -0.2) is 31.2 Å². The van der Waals surface area contributed by atoms with Crippen LogP contribution in [0.5, 0.6) is 0 Å². The Bertz CT molecular complexity index is 62.9. The summed E-state index contributed by atoms with van der Waals surface area (Å²) in [5.74, 6) is 0. The molecule has 8 heavy (non-hydrogen) atoms. The van der Waals surface area contributed by atoms with E-state index in [1.54, 1.807) is 0 Å². The Morgan fingerprint density at radius 3 is 2.75 bits per heavy atom. The van der Waals surface area contributed by atoms with Crippen molar-refractivity contribution in [3.63, 3.8) is 0 Å². The molecular weight excluding hydrogens is 100 g/mol. The van der Waals surface area contributed by atoms with Crippen LogP contribution in [0.3, 0.4) is 0 Å². The number of hydrogen-bond donors (Lipinski definition) is 1.